The maximum absolute atomic E-state index is 12.9. The van der Waals surface area contributed by atoms with Gasteiger partial charge in [0.1, 0.15) is 6.61 Å². The molecule has 8 heteroatoms. The minimum atomic E-state index is -0.909. The van der Waals surface area contributed by atoms with E-state index in [1.807, 2.05) is 0 Å². The van der Waals surface area contributed by atoms with Crippen molar-refractivity contribution >= 4 is 29.3 Å². The molecule has 3 rings (SSSR count). The molecule has 0 unspecified atom stereocenters. The van der Waals surface area contributed by atoms with Crippen LogP contribution in [0.3, 0.4) is 0 Å². The second kappa shape index (κ2) is 7.19. The second-order valence-electron chi connectivity index (χ2n) is 5.76. The van der Waals surface area contributed by atoms with Crippen LogP contribution >= 0.6 is 11.6 Å². The van der Waals surface area contributed by atoms with Crippen molar-refractivity contribution in [1.82, 2.24) is 15.5 Å². The minimum absolute atomic E-state index is 0.0120. The number of amides is 3. The summed E-state index contributed by atoms with van der Waals surface area (Å²) in [6.45, 7) is 0.790. The highest BCUT2D eigenvalue weighted by molar-refractivity contribution is 6.31. The van der Waals surface area contributed by atoms with Crippen LogP contribution in [-0.2, 0) is 19.1 Å². The number of ether oxygens (including phenoxy) is 1. The van der Waals surface area contributed by atoms with Gasteiger partial charge in [-0.25, -0.2) is 0 Å². The van der Waals surface area contributed by atoms with Crippen LogP contribution in [0.1, 0.15) is 18.0 Å². The van der Waals surface area contributed by atoms with Gasteiger partial charge in [-0.1, -0.05) is 29.8 Å². The lowest BCUT2D eigenvalue weighted by Crippen LogP contribution is -2.54. The van der Waals surface area contributed by atoms with Gasteiger partial charge < -0.3 is 20.3 Å². The highest BCUT2D eigenvalue weighted by atomic mass is 35.5. The van der Waals surface area contributed by atoms with E-state index in [1.54, 1.807) is 24.3 Å². The van der Waals surface area contributed by atoms with Crippen LogP contribution in [0, 0.1) is 0 Å². The number of carbonyl (C=O) groups is 3. The van der Waals surface area contributed by atoms with Crippen LogP contribution in [0.15, 0.2) is 24.3 Å². The molecule has 1 aromatic carbocycles. The number of nitrogens with one attached hydrogen (secondary N) is 2. The molecular formula is C16H18ClN3O4. The number of morpholine rings is 1. The first-order valence-electron chi connectivity index (χ1n) is 7.77. The van der Waals surface area contributed by atoms with Crippen LogP contribution in [0.2, 0.25) is 5.02 Å². The standard InChI is InChI=1S/C16H18ClN3O4/c17-11-5-2-1-4-10(11)14-15(24-9-13(22)19-14)16(23)20-7-3-6-18-12(21)8-20/h1-2,4-5,14-15H,3,6-9H2,(H,18,21)(H,19,22)/t14-,15+/m1/s1. The Morgan fingerprint density at radius 1 is 1.25 bits per heavy atom. The van der Waals surface area contributed by atoms with Gasteiger partial charge in [-0.3, -0.25) is 14.4 Å². The first-order chi connectivity index (χ1) is 11.6. The zero-order valence-electron chi connectivity index (χ0n) is 13.0. The average Bonchev–Trinajstić information content (AvgIpc) is 2.79. The van der Waals surface area contributed by atoms with Crippen LogP contribution < -0.4 is 10.6 Å². The third-order valence-corrected chi connectivity index (χ3v) is 4.41. The summed E-state index contributed by atoms with van der Waals surface area (Å²) in [4.78, 5) is 37.8. The Kier molecular flexibility index (Phi) is 5.01. The molecule has 0 aliphatic carbocycles. The summed E-state index contributed by atoms with van der Waals surface area (Å²) in [5.74, 6) is -0.829. The van der Waals surface area contributed by atoms with E-state index in [9.17, 15) is 14.4 Å². The molecule has 2 N–H and O–H groups in total. The van der Waals surface area contributed by atoms with Crippen molar-refractivity contribution in [3.05, 3.63) is 34.9 Å². The van der Waals surface area contributed by atoms with E-state index in [4.69, 9.17) is 16.3 Å². The molecular weight excluding hydrogens is 334 g/mol. The van der Waals surface area contributed by atoms with E-state index in [1.165, 1.54) is 4.90 Å². The zero-order valence-corrected chi connectivity index (χ0v) is 13.7. The minimum Gasteiger partial charge on any atom is -0.356 e. The number of hydrogen-bond donors (Lipinski definition) is 2. The molecule has 0 bridgehead atoms. The van der Waals surface area contributed by atoms with Crippen molar-refractivity contribution in [2.24, 2.45) is 0 Å². The summed E-state index contributed by atoms with van der Waals surface area (Å²) in [6.07, 6.45) is -0.235. The smallest absolute Gasteiger partial charge is 0.254 e. The zero-order chi connectivity index (χ0) is 17.1. The third-order valence-electron chi connectivity index (χ3n) is 4.07. The van der Waals surface area contributed by atoms with Crippen LogP contribution in [-0.4, -0.2) is 55.0 Å². The molecule has 3 amide bonds. The molecule has 0 saturated carbocycles. The summed E-state index contributed by atoms with van der Waals surface area (Å²) in [7, 11) is 0. The quantitative estimate of drug-likeness (QED) is 0.799. The molecule has 2 saturated heterocycles. The molecule has 2 aliphatic heterocycles. The summed E-state index contributed by atoms with van der Waals surface area (Å²) in [6, 6.07) is 6.31. The van der Waals surface area contributed by atoms with Crippen LogP contribution in [0.5, 0.6) is 0 Å². The topological polar surface area (TPSA) is 87.7 Å². The lowest BCUT2D eigenvalue weighted by atomic mass is 9.98. The van der Waals surface area contributed by atoms with Crippen molar-refractivity contribution in [3.8, 4) is 0 Å². The van der Waals surface area contributed by atoms with Crippen molar-refractivity contribution in [1.29, 1.82) is 0 Å². The number of halogens is 1. The highest BCUT2D eigenvalue weighted by Crippen LogP contribution is 2.29. The first kappa shape index (κ1) is 16.7. The summed E-state index contributed by atoms with van der Waals surface area (Å²) >= 11 is 6.21. The predicted octanol–water partition coefficient (Wildman–Crippen LogP) is 0.245. The van der Waals surface area contributed by atoms with Crippen molar-refractivity contribution in [2.75, 3.05) is 26.2 Å². The molecule has 128 valence electrons. The Bertz CT molecular complexity index is 666. The number of carbonyl (C=O) groups excluding carboxylic acids is 3. The molecule has 2 heterocycles. The van der Waals surface area contributed by atoms with Gasteiger partial charge in [0, 0.05) is 18.1 Å². The molecule has 2 fully saturated rings. The van der Waals surface area contributed by atoms with E-state index in [-0.39, 0.29) is 30.9 Å². The summed E-state index contributed by atoms with van der Waals surface area (Å²) in [5.41, 5.74) is 0.616. The van der Waals surface area contributed by atoms with Crippen molar-refractivity contribution < 1.29 is 19.1 Å². The average molecular weight is 352 g/mol. The van der Waals surface area contributed by atoms with E-state index in [2.05, 4.69) is 10.6 Å². The number of rotatable bonds is 2. The number of hydrogen-bond acceptors (Lipinski definition) is 4. The molecule has 24 heavy (non-hydrogen) atoms. The Morgan fingerprint density at radius 2 is 2.04 bits per heavy atom. The van der Waals surface area contributed by atoms with E-state index in [0.29, 0.717) is 30.1 Å². The Balaban J connectivity index is 1.86. The maximum Gasteiger partial charge on any atom is 0.254 e. The number of benzene rings is 1. The molecule has 2 atom stereocenters. The third kappa shape index (κ3) is 3.52. The molecule has 0 radical (unpaired) electrons. The molecule has 2 aliphatic rings. The lowest BCUT2D eigenvalue weighted by Gasteiger charge is -2.35. The van der Waals surface area contributed by atoms with Gasteiger partial charge in [0.05, 0.1) is 12.6 Å². The Hall–Kier alpha value is -2.12. The van der Waals surface area contributed by atoms with Crippen LogP contribution in [0.4, 0.5) is 0 Å². The van der Waals surface area contributed by atoms with Gasteiger partial charge in [-0.2, -0.15) is 0 Å². The van der Waals surface area contributed by atoms with Gasteiger partial charge >= 0.3 is 0 Å². The van der Waals surface area contributed by atoms with Crippen LogP contribution in [0.25, 0.3) is 0 Å². The van der Waals surface area contributed by atoms with Crippen molar-refractivity contribution in [2.45, 2.75) is 18.6 Å². The first-order valence-corrected chi connectivity index (χ1v) is 8.15. The number of nitrogens with zero attached hydrogens (tertiary/aromatic N) is 1. The largest absolute Gasteiger partial charge is 0.356 e. The Morgan fingerprint density at radius 3 is 2.83 bits per heavy atom. The van der Waals surface area contributed by atoms with Gasteiger partial charge in [-0.15, -0.1) is 0 Å². The van der Waals surface area contributed by atoms with Crippen molar-refractivity contribution in [3.63, 3.8) is 0 Å². The van der Waals surface area contributed by atoms with Gasteiger partial charge in [-0.05, 0) is 18.1 Å². The van der Waals surface area contributed by atoms with E-state index < -0.39 is 12.1 Å². The highest BCUT2D eigenvalue weighted by Gasteiger charge is 2.39. The molecule has 1 aromatic rings. The molecule has 7 nitrogen and oxygen atoms in total. The van der Waals surface area contributed by atoms with E-state index in [0.717, 1.165) is 0 Å². The van der Waals surface area contributed by atoms with Gasteiger partial charge in [0.15, 0.2) is 6.10 Å². The maximum atomic E-state index is 12.9. The normalized spacial score (nSPS) is 24.8. The van der Waals surface area contributed by atoms with Gasteiger partial charge in [0.25, 0.3) is 5.91 Å². The fraction of sp³-hybridized carbons (Fsp3) is 0.438. The molecule has 0 spiro atoms. The Labute approximate surface area is 144 Å². The SMILES string of the molecule is O=C1CN(C(=O)[C@H]2OCC(=O)N[C@@H]2c2ccccc2Cl)CCCN1. The molecule has 0 aromatic heterocycles. The fourth-order valence-corrected chi connectivity index (χ4v) is 3.16. The summed E-state index contributed by atoms with van der Waals surface area (Å²) < 4.78 is 5.51. The lowest BCUT2D eigenvalue weighted by molar-refractivity contribution is -0.156. The van der Waals surface area contributed by atoms with Gasteiger partial charge in [0.2, 0.25) is 11.8 Å². The second-order valence-corrected chi connectivity index (χ2v) is 6.17. The monoisotopic (exact) mass is 351 g/mol. The predicted molar refractivity (Wildman–Crippen MR) is 86.3 cm³/mol. The van der Waals surface area contributed by atoms with E-state index >= 15 is 0 Å². The summed E-state index contributed by atoms with van der Waals surface area (Å²) in [5, 5.41) is 5.95. The fourth-order valence-electron chi connectivity index (χ4n) is 2.91.